The number of benzene rings is 1. The van der Waals surface area contributed by atoms with Crippen molar-refractivity contribution >= 4 is 16.9 Å². The molecule has 3 aromatic rings. The number of fused-ring (bicyclic) bond motifs is 1. The van der Waals surface area contributed by atoms with E-state index in [4.69, 9.17) is 10.00 Å². The first-order valence-corrected chi connectivity index (χ1v) is 7.00. The summed E-state index contributed by atoms with van der Waals surface area (Å²) in [5.41, 5.74) is 3.77. The molecule has 2 heterocycles. The predicted molar refractivity (Wildman–Crippen MR) is 85.0 cm³/mol. The first-order valence-electron chi connectivity index (χ1n) is 7.00. The lowest BCUT2D eigenvalue weighted by Gasteiger charge is -2.02. The molecule has 0 saturated heterocycles. The lowest BCUT2D eigenvalue weighted by molar-refractivity contribution is 0.0974. The Morgan fingerprint density at radius 2 is 2.13 bits per heavy atom. The van der Waals surface area contributed by atoms with E-state index in [-0.39, 0.29) is 0 Å². The lowest BCUT2D eigenvalue weighted by atomic mass is 10.1. The van der Waals surface area contributed by atoms with Crippen LogP contribution in [0.4, 0.5) is 0 Å². The van der Waals surface area contributed by atoms with Crippen molar-refractivity contribution in [1.29, 1.82) is 5.26 Å². The second-order valence-corrected chi connectivity index (χ2v) is 5.00. The topological polar surface area (TPSA) is 90.8 Å². The summed E-state index contributed by atoms with van der Waals surface area (Å²) >= 11 is 0. The van der Waals surface area contributed by atoms with Crippen molar-refractivity contribution in [2.45, 2.75) is 6.42 Å². The number of H-pyrrole nitrogens is 1. The molecule has 0 spiro atoms. The van der Waals surface area contributed by atoms with E-state index in [1.165, 1.54) is 0 Å². The van der Waals surface area contributed by atoms with Gasteiger partial charge in [0.05, 0.1) is 23.7 Å². The molecular formula is C17H14N4O2. The molecule has 2 N–H and O–H groups in total. The average molecular weight is 306 g/mol. The number of methoxy groups -OCH3 is 1. The lowest BCUT2D eigenvalue weighted by Crippen LogP contribution is -2.17. The summed E-state index contributed by atoms with van der Waals surface area (Å²) in [6, 6.07) is 11.3. The summed E-state index contributed by atoms with van der Waals surface area (Å²) in [5.74, 6) is 0.361. The molecule has 0 unspecified atom stereocenters. The summed E-state index contributed by atoms with van der Waals surface area (Å²) in [7, 11) is 1.63. The molecule has 0 radical (unpaired) electrons. The second kappa shape index (κ2) is 6.20. The number of carbonyl (C=O) groups is 1. The van der Waals surface area contributed by atoms with Crippen LogP contribution in [0.15, 0.2) is 42.6 Å². The van der Waals surface area contributed by atoms with E-state index in [1.54, 1.807) is 25.6 Å². The van der Waals surface area contributed by atoms with Gasteiger partial charge in [-0.05, 0) is 29.8 Å². The third-order valence-electron chi connectivity index (χ3n) is 3.54. The number of hydrogen-bond donors (Lipinski definition) is 2. The van der Waals surface area contributed by atoms with Gasteiger partial charge in [0.25, 0.3) is 5.91 Å². The van der Waals surface area contributed by atoms with Crippen LogP contribution < -0.4 is 10.1 Å². The van der Waals surface area contributed by atoms with Crippen molar-refractivity contribution < 1.29 is 9.53 Å². The SMILES string of the molecule is COc1ccc(Cc2cc3nccc(C(=O)NC#N)c3[nH]2)cc1. The molecule has 0 atom stereocenters. The monoisotopic (exact) mass is 306 g/mol. The van der Waals surface area contributed by atoms with E-state index < -0.39 is 5.91 Å². The van der Waals surface area contributed by atoms with Crippen molar-refractivity contribution in [2.75, 3.05) is 7.11 Å². The number of ether oxygens (including phenoxy) is 1. The fourth-order valence-electron chi connectivity index (χ4n) is 2.45. The largest absolute Gasteiger partial charge is 0.497 e. The van der Waals surface area contributed by atoms with Crippen LogP contribution >= 0.6 is 0 Å². The van der Waals surface area contributed by atoms with Crippen molar-refractivity contribution in [3.63, 3.8) is 0 Å². The van der Waals surface area contributed by atoms with Crippen LogP contribution in [-0.2, 0) is 6.42 Å². The molecule has 1 amide bonds. The van der Waals surface area contributed by atoms with Crippen LogP contribution in [0, 0.1) is 11.5 Å². The number of pyridine rings is 1. The number of hydrogen-bond acceptors (Lipinski definition) is 4. The van der Waals surface area contributed by atoms with Gasteiger partial charge in [0.2, 0.25) is 0 Å². The minimum absolute atomic E-state index is 0.400. The number of aromatic amines is 1. The third kappa shape index (κ3) is 2.99. The molecule has 114 valence electrons. The van der Waals surface area contributed by atoms with E-state index in [9.17, 15) is 4.79 Å². The van der Waals surface area contributed by atoms with Gasteiger partial charge in [0.15, 0.2) is 6.19 Å². The minimum atomic E-state index is -0.447. The van der Waals surface area contributed by atoms with E-state index in [0.29, 0.717) is 23.0 Å². The first kappa shape index (κ1) is 14.6. The Bertz CT molecular complexity index is 891. The molecule has 0 aliphatic heterocycles. The van der Waals surface area contributed by atoms with E-state index in [2.05, 4.69) is 15.3 Å². The first-order chi connectivity index (χ1) is 11.2. The Labute approximate surface area is 132 Å². The Balaban J connectivity index is 1.92. The predicted octanol–water partition coefficient (Wildman–Crippen LogP) is 2.37. The van der Waals surface area contributed by atoms with Crippen molar-refractivity contribution in [2.24, 2.45) is 0 Å². The highest BCUT2D eigenvalue weighted by molar-refractivity contribution is 6.05. The van der Waals surface area contributed by atoms with Gasteiger partial charge >= 0.3 is 0 Å². The van der Waals surface area contributed by atoms with Crippen LogP contribution in [0.2, 0.25) is 0 Å². The normalized spacial score (nSPS) is 10.3. The number of aromatic nitrogens is 2. The molecule has 2 aromatic heterocycles. The minimum Gasteiger partial charge on any atom is -0.497 e. The van der Waals surface area contributed by atoms with Gasteiger partial charge in [-0.25, -0.2) is 0 Å². The molecule has 6 heteroatoms. The maximum atomic E-state index is 11.9. The summed E-state index contributed by atoms with van der Waals surface area (Å²) in [6.07, 6.45) is 3.88. The van der Waals surface area contributed by atoms with Gasteiger partial charge in [0.1, 0.15) is 5.75 Å². The van der Waals surface area contributed by atoms with E-state index in [0.717, 1.165) is 17.0 Å². The zero-order valence-corrected chi connectivity index (χ0v) is 12.5. The smallest absolute Gasteiger partial charge is 0.266 e. The Morgan fingerprint density at radius 3 is 2.83 bits per heavy atom. The molecular weight excluding hydrogens is 292 g/mol. The van der Waals surface area contributed by atoms with Crippen LogP contribution in [-0.4, -0.2) is 23.0 Å². The summed E-state index contributed by atoms with van der Waals surface area (Å²) in [5, 5.41) is 10.7. The van der Waals surface area contributed by atoms with Crippen LogP contribution in [0.5, 0.6) is 5.75 Å². The number of nitrogens with zero attached hydrogens (tertiary/aromatic N) is 2. The van der Waals surface area contributed by atoms with E-state index in [1.807, 2.05) is 30.3 Å². The molecule has 23 heavy (non-hydrogen) atoms. The van der Waals surface area contributed by atoms with Crippen LogP contribution in [0.25, 0.3) is 11.0 Å². The van der Waals surface area contributed by atoms with Crippen molar-refractivity contribution in [1.82, 2.24) is 15.3 Å². The van der Waals surface area contributed by atoms with Gasteiger partial charge in [-0.15, -0.1) is 0 Å². The fraction of sp³-hybridized carbons (Fsp3) is 0.118. The average Bonchev–Trinajstić information content (AvgIpc) is 2.98. The third-order valence-corrected chi connectivity index (χ3v) is 3.54. The number of amides is 1. The molecule has 3 rings (SSSR count). The Hall–Kier alpha value is -3.33. The quantitative estimate of drug-likeness (QED) is 0.572. The zero-order chi connectivity index (χ0) is 16.2. The van der Waals surface area contributed by atoms with Gasteiger partial charge in [-0.1, -0.05) is 12.1 Å². The Morgan fingerprint density at radius 1 is 1.35 bits per heavy atom. The standard InChI is InChI=1S/C17H14N4O2/c1-23-13-4-2-11(3-5-13)8-12-9-15-16(21-12)14(6-7-19-15)17(22)20-10-18/h2-7,9,21H,8H2,1H3,(H,20,22). The van der Waals surface area contributed by atoms with E-state index >= 15 is 0 Å². The molecule has 0 aliphatic carbocycles. The summed E-state index contributed by atoms with van der Waals surface area (Å²) < 4.78 is 5.14. The van der Waals surface area contributed by atoms with Crippen LogP contribution in [0.1, 0.15) is 21.6 Å². The maximum absolute atomic E-state index is 11.9. The number of carbonyl (C=O) groups excluding carboxylic acids is 1. The highest BCUT2D eigenvalue weighted by Crippen LogP contribution is 2.20. The second-order valence-electron chi connectivity index (χ2n) is 5.00. The zero-order valence-electron chi connectivity index (χ0n) is 12.5. The van der Waals surface area contributed by atoms with Crippen LogP contribution in [0.3, 0.4) is 0 Å². The molecule has 1 aromatic carbocycles. The van der Waals surface area contributed by atoms with Gasteiger partial charge in [0, 0.05) is 18.3 Å². The summed E-state index contributed by atoms with van der Waals surface area (Å²) in [4.78, 5) is 19.4. The number of nitriles is 1. The highest BCUT2D eigenvalue weighted by atomic mass is 16.5. The molecule has 0 fully saturated rings. The van der Waals surface area contributed by atoms with Gasteiger partial charge < -0.3 is 9.72 Å². The number of nitrogens with one attached hydrogen (secondary N) is 2. The molecule has 0 aliphatic rings. The maximum Gasteiger partial charge on any atom is 0.266 e. The van der Waals surface area contributed by atoms with Gasteiger partial charge in [-0.3, -0.25) is 15.1 Å². The molecule has 0 bridgehead atoms. The fourth-order valence-corrected chi connectivity index (χ4v) is 2.45. The Kier molecular flexibility index (Phi) is 3.93. The number of rotatable bonds is 4. The molecule has 0 saturated carbocycles. The van der Waals surface area contributed by atoms with Crippen molar-refractivity contribution in [3.8, 4) is 11.9 Å². The van der Waals surface area contributed by atoms with Crippen molar-refractivity contribution in [3.05, 3.63) is 59.4 Å². The van der Waals surface area contributed by atoms with Gasteiger partial charge in [-0.2, -0.15) is 5.26 Å². The highest BCUT2D eigenvalue weighted by Gasteiger charge is 2.13. The molecule has 6 nitrogen and oxygen atoms in total. The summed E-state index contributed by atoms with van der Waals surface area (Å²) in [6.45, 7) is 0.